The van der Waals surface area contributed by atoms with Gasteiger partial charge in [-0.2, -0.15) is 11.8 Å². The van der Waals surface area contributed by atoms with Crippen LogP contribution in [0.4, 0.5) is 0 Å². The van der Waals surface area contributed by atoms with Crippen LogP contribution in [0.25, 0.3) is 0 Å². The summed E-state index contributed by atoms with van der Waals surface area (Å²) < 4.78 is 5.15. The van der Waals surface area contributed by atoms with Crippen LogP contribution in [-0.4, -0.2) is 56.2 Å². The van der Waals surface area contributed by atoms with Crippen molar-refractivity contribution in [3.63, 3.8) is 0 Å². The van der Waals surface area contributed by atoms with Gasteiger partial charge in [-0.15, -0.1) is 0 Å². The highest BCUT2D eigenvalue weighted by atomic mass is 32.2. The molecule has 0 aromatic heterocycles. The van der Waals surface area contributed by atoms with Gasteiger partial charge in [0.1, 0.15) is 5.75 Å². The summed E-state index contributed by atoms with van der Waals surface area (Å²) in [5, 5.41) is 10.4. The van der Waals surface area contributed by atoms with E-state index in [1.165, 1.54) is 19.3 Å². The summed E-state index contributed by atoms with van der Waals surface area (Å²) in [6, 6.07) is 7.61. The van der Waals surface area contributed by atoms with Crippen molar-refractivity contribution >= 4 is 23.6 Å². The number of aliphatic imine (C=N–C) groups is 1. The van der Waals surface area contributed by atoms with Crippen LogP contribution in [0.15, 0.2) is 29.3 Å². The number of nitrogens with zero attached hydrogens (tertiary/aromatic N) is 1. The zero-order valence-electron chi connectivity index (χ0n) is 15.9. The van der Waals surface area contributed by atoms with E-state index < -0.39 is 0 Å². The lowest BCUT2D eigenvalue weighted by atomic mass is 10.2. The van der Waals surface area contributed by atoms with Crippen molar-refractivity contribution < 1.29 is 9.53 Å². The number of carbonyl (C=O) groups excluding carboxylic acids is 1. The van der Waals surface area contributed by atoms with E-state index in [1.807, 2.05) is 23.9 Å². The minimum Gasteiger partial charge on any atom is -0.497 e. The van der Waals surface area contributed by atoms with Gasteiger partial charge in [-0.05, 0) is 50.6 Å². The molecule has 0 spiro atoms. The zero-order valence-corrected chi connectivity index (χ0v) is 16.7. The Kier molecular flexibility index (Phi) is 8.61. The van der Waals surface area contributed by atoms with Crippen molar-refractivity contribution in [1.82, 2.24) is 16.0 Å². The summed E-state index contributed by atoms with van der Waals surface area (Å²) in [5.41, 5.74) is 0.590. The number of guanidine groups is 1. The minimum atomic E-state index is -0.115. The van der Waals surface area contributed by atoms with E-state index in [-0.39, 0.29) is 5.91 Å². The SMILES string of the molecule is CCNC(=NCCNC(=O)c1cccc(OC)c1)NC1CCC(SC)C1. The van der Waals surface area contributed by atoms with Crippen molar-refractivity contribution in [1.29, 1.82) is 0 Å². The van der Waals surface area contributed by atoms with Gasteiger partial charge in [-0.25, -0.2) is 0 Å². The van der Waals surface area contributed by atoms with Gasteiger partial charge in [0.15, 0.2) is 5.96 Å². The monoisotopic (exact) mass is 378 g/mol. The Morgan fingerprint density at radius 3 is 2.88 bits per heavy atom. The number of methoxy groups -OCH3 is 1. The van der Waals surface area contributed by atoms with Gasteiger partial charge in [0.2, 0.25) is 0 Å². The molecule has 1 fully saturated rings. The molecule has 1 amide bonds. The van der Waals surface area contributed by atoms with Crippen LogP contribution in [-0.2, 0) is 0 Å². The molecular weight excluding hydrogens is 348 g/mol. The van der Waals surface area contributed by atoms with E-state index in [1.54, 1.807) is 19.2 Å². The molecule has 0 bridgehead atoms. The highest BCUT2D eigenvalue weighted by Crippen LogP contribution is 2.27. The third kappa shape index (κ3) is 6.44. The van der Waals surface area contributed by atoms with Crippen LogP contribution in [0.2, 0.25) is 0 Å². The van der Waals surface area contributed by atoms with Crippen LogP contribution in [0.5, 0.6) is 5.75 Å². The number of hydrogen-bond donors (Lipinski definition) is 3. The summed E-state index contributed by atoms with van der Waals surface area (Å²) in [6.45, 7) is 3.90. The summed E-state index contributed by atoms with van der Waals surface area (Å²) in [6.07, 6.45) is 5.80. The number of nitrogens with one attached hydrogen (secondary N) is 3. The lowest BCUT2D eigenvalue weighted by molar-refractivity contribution is 0.0954. The van der Waals surface area contributed by atoms with Crippen molar-refractivity contribution in [3.8, 4) is 5.75 Å². The van der Waals surface area contributed by atoms with Gasteiger partial charge >= 0.3 is 0 Å². The quantitative estimate of drug-likeness (QED) is 0.368. The molecule has 26 heavy (non-hydrogen) atoms. The number of ether oxygens (including phenoxy) is 1. The molecule has 3 N–H and O–H groups in total. The van der Waals surface area contributed by atoms with Gasteiger partial charge in [0.05, 0.1) is 13.7 Å². The first kappa shape index (κ1) is 20.4. The number of hydrogen-bond acceptors (Lipinski definition) is 4. The van der Waals surface area contributed by atoms with Crippen molar-refractivity contribution in [3.05, 3.63) is 29.8 Å². The number of carbonyl (C=O) groups is 1. The third-order valence-corrected chi connectivity index (χ3v) is 5.50. The molecule has 1 aromatic carbocycles. The average Bonchev–Trinajstić information content (AvgIpc) is 3.12. The summed E-state index contributed by atoms with van der Waals surface area (Å²) in [5.74, 6) is 1.39. The second-order valence-corrected chi connectivity index (χ2v) is 7.40. The predicted molar refractivity (Wildman–Crippen MR) is 109 cm³/mol. The van der Waals surface area contributed by atoms with Crippen molar-refractivity contribution in [2.45, 2.75) is 37.5 Å². The first-order valence-corrected chi connectivity index (χ1v) is 10.4. The fourth-order valence-electron chi connectivity index (χ4n) is 3.00. The molecule has 1 aliphatic carbocycles. The van der Waals surface area contributed by atoms with E-state index in [9.17, 15) is 4.79 Å². The zero-order chi connectivity index (χ0) is 18.8. The summed E-state index contributed by atoms with van der Waals surface area (Å²) in [4.78, 5) is 16.8. The maximum atomic E-state index is 12.2. The molecule has 2 rings (SSSR count). The van der Waals surface area contributed by atoms with Gasteiger partial charge in [-0.3, -0.25) is 9.79 Å². The van der Waals surface area contributed by atoms with Gasteiger partial charge < -0.3 is 20.7 Å². The average molecular weight is 379 g/mol. The lowest BCUT2D eigenvalue weighted by Crippen LogP contribution is -2.43. The third-order valence-electron chi connectivity index (χ3n) is 4.40. The Bertz CT molecular complexity index is 609. The molecule has 0 heterocycles. The highest BCUT2D eigenvalue weighted by Gasteiger charge is 2.24. The number of rotatable bonds is 8. The lowest BCUT2D eigenvalue weighted by Gasteiger charge is -2.17. The fraction of sp³-hybridized carbons (Fsp3) is 0.579. The smallest absolute Gasteiger partial charge is 0.251 e. The Morgan fingerprint density at radius 1 is 1.35 bits per heavy atom. The second kappa shape index (κ2) is 11.0. The van der Waals surface area contributed by atoms with E-state index in [2.05, 4.69) is 34.1 Å². The molecule has 1 aromatic rings. The Morgan fingerprint density at radius 2 is 2.19 bits per heavy atom. The van der Waals surface area contributed by atoms with E-state index in [4.69, 9.17) is 4.74 Å². The molecule has 0 aliphatic heterocycles. The molecule has 6 nitrogen and oxygen atoms in total. The summed E-state index contributed by atoms with van der Waals surface area (Å²) in [7, 11) is 1.59. The Hall–Kier alpha value is -1.89. The molecule has 0 saturated heterocycles. The first-order chi connectivity index (χ1) is 12.7. The molecule has 144 valence electrons. The van der Waals surface area contributed by atoms with Crippen LogP contribution in [0.1, 0.15) is 36.5 Å². The van der Waals surface area contributed by atoms with Crippen molar-refractivity contribution in [2.75, 3.05) is 33.0 Å². The van der Waals surface area contributed by atoms with Gasteiger partial charge in [0.25, 0.3) is 5.91 Å². The first-order valence-electron chi connectivity index (χ1n) is 9.16. The molecule has 0 radical (unpaired) electrons. The van der Waals surface area contributed by atoms with E-state index in [0.29, 0.717) is 30.4 Å². The van der Waals surface area contributed by atoms with Crippen LogP contribution in [0.3, 0.4) is 0 Å². The number of amides is 1. The normalized spacial score (nSPS) is 19.9. The van der Waals surface area contributed by atoms with E-state index >= 15 is 0 Å². The van der Waals surface area contributed by atoms with Crippen LogP contribution >= 0.6 is 11.8 Å². The van der Waals surface area contributed by atoms with Crippen LogP contribution < -0.4 is 20.7 Å². The minimum absolute atomic E-state index is 0.115. The molecule has 2 unspecified atom stereocenters. The predicted octanol–water partition coefficient (Wildman–Crippen LogP) is 2.26. The van der Waals surface area contributed by atoms with Gasteiger partial charge in [-0.1, -0.05) is 6.07 Å². The molecule has 1 saturated carbocycles. The van der Waals surface area contributed by atoms with Crippen LogP contribution in [0, 0.1) is 0 Å². The fourth-order valence-corrected chi connectivity index (χ4v) is 3.80. The standard InChI is InChI=1S/C19H30N4O2S/c1-4-20-19(23-15-8-9-17(13-15)26-3)22-11-10-21-18(24)14-6-5-7-16(12-14)25-2/h5-7,12,15,17H,4,8-11,13H2,1-3H3,(H,21,24)(H2,20,22,23). The second-order valence-electron chi connectivity index (χ2n) is 6.26. The largest absolute Gasteiger partial charge is 0.497 e. The molecule has 7 heteroatoms. The molecular formula is C19H30N4O2S. The maximum absolute atomic E-state index is 12.2. The Balaban J connectivity index is 1.79. The Labute approximate surface area is 160 Å². The number of thioether (sulfide) groups is 1. The van der Waals surface area contributed by atoms with E-state index in [0.717, 1.165) is 17.8 Å². The summed E-state index contributed by atoms with van der Waals surface area (Å²) >= 11 is 1.95. The number of benzene rings is 1. The van der Waals surface area contributed by atoms with Crippen molar-refractivity contribution in [2.24, 2.45) is 4.99 Å². The maximum Gasteiger partial charge on any atom is 0.251 e. The highest BCUT2D eigenvalue weighted by molar-refractivity contribution is 7.99. The topological polar surface area (TPSA) is 74.8 Å². The molecule has 1 aliphatic rings. The van der Waals surface area contributed by atoms with Gasteiger partial charge in [0, 0.05) is 29.9 Å². The molecule has 2 atom stereocenters.